The molecule has 0 radical (unpaired) electrons. The lowest BCUT2D eigenvalue weighted by molar-refractivity contribution is -0.176. The molecule has 6 heavy (non-hydrogen) atoms. The minimum absolute atomic E-state index is 0.694. The van der Waals surface area contributed by atoms with Crippen LogP contribution in [0.3, 0.4) is 0 Å². The number of halogens is 3. The fourth-order valence-electron chi connectivity index (χ4n) is 0. The van der Waals surface area contributed by atoms with E-state index in [9.17, 15) is 8.78 Å². The van der Waals surface area contributed by atoms with Crippen molar-refractivity contribution < 1.29 is 13.9 Å². The quantitative estimate of drug-likeness (QED) is 0.568. The Morgan fingerprint density at radius 1 is 1.67 bits per heavy atom. The van der Waals surface area contributed by atoms with Crippen LogP contribution in [-0.2, 0) is 0 Å². The lowest BCUT2D eigenvalue weighted by Gasteiger charge is -1.99. The molecule has 0 bridgehead atoms. The topological polar surface area (TPSA) is 20.2 Å². The fraction of sp³-hybridized carbons (Fsp3) is 1.00. The Balaban J connectivity index is 3.17. The van der Waals surface area contributed by atoms with E-state index in [0.717, 1.165) is 0 Å². The summed E-state index contributed by atoms with van der Waals surface area (Å²) in [5, 5.41) is 6.75. The molecule has 0 saturated heterocycles. The Kier molecular flexibility index (Phi) is 1.93. The van der Waals surface area contributed by atoms with Gasteiger partial charge in [-0.1, -0.05) is 15.9 Å². The predicted octanol–water partition coefficient (Wildman–Crippen LogP) is 0.966. The van der Waals surface area contributed by atoms with Crippen LogP contribution in [-0.4, -0.2) is 16.5 Å². The fourth-order valence-corrected chi connectivity index (χ4v) is 0. The molecule has 0 amide bonds. The van der Waals surface area contributed by atoms with Crippen LogP contribution in [0.15, 0.2) is 0 Å². The van der Waals surface area contributed by atoms with E-state index in [1.165, 1.54) is 0 Å². The molecule has 0 aliphatic carbocycles. The van der Waals surface area contributed by atoms with Gasteiger partial charge in [-0.25, -0.2) is 0 Å². The van der Waals surface area contributed by atoms with E-state index in [2.05, 4.69) is 15.9 Å². The highest BCUT2D eigenvalue weighted by atomic mass is 79.9. The maximum absolute atomic E-state index is 11.0. The normalized spacial score (nSPS) is 12.0. The predicted molar refractivity (Wildman–Crippen MR) is 21.0 cm³/mol. The van der Waals surface area contributed by atoms with E-state index in [4.69, 9.17) is 5.11 Å². The summed E-state index contributed by atoms with van der Waals surface area (Å²) in [6.07, 6.45) is -3.54. The van der Waals surface area contributed by atoms with Gasteiger partial charge in [-0.05, 0) is 0 Å². The maximum atomic E-state index is 11.0. The lowest BCUT2D eigenvalue weighted by Crippen LogP contribution is -2.14. The van der Waals surface area contributed by atoms with Crippen LogP contribution >= 0.6 is 15.9 Å². The molecule has 0 aromatic rings. The van der Waals surface area contributed by atoms with Crippen molar-refractivity contribution in [3.05, 3.63) is 0 Å². The molecule has 0 aliphatic rings. The third kappa shape index (κ3) is 4.30. The summed E-state index contributed by atoms with van der Waals surface area (Å²) < 4.78 is 21.9. The van der Waals surface area contributed by atoms with Crippen molar-refractivity contribution >= 4 is 15.9 Å². The molecular formula is C2H3BrF2O. The Hall–Kier alpha value is 0.300. The zero-order chi connectivity index (χ0) is 5.21. The minimum atomic E-state index is -3.54. The van der Waals surface area contributed by atoms with Gasteiger partial charge in [0.1, 0.15) is 0 Å². The number of hydrogen-bond acceptors (Lipinski definition) is 1. The van der Waals surface area contributed by atoms with Crippen molar-refractivity contribution in [2.45, 2.75) is 6.11 Å². The second kappa shape index (κ2) is 1.84. The zero-order valence-electron chi connectivity index (χ0n) is 2.79. The Morgan fingerprint density at radius 2 is 1.83 bits per heavy atom. The molecule has 0 unspecified atom stereocenters. The summed E-state index contributed by atoms with van der Waals surface area (Å²) in [5.74, 6) is 0. The Labute approximate surface area is 42.1 Å². The van der Waals surface area contributed by atoms with E-state index in [1.807, 2.05) is 0 Å². The molecule has 1 N–H and O–H groups in total. The van der Waals surface area contributed by atoms with Crippen molar-refractivity contribution in [3.8, 4) is 0 Å². The van der Waals surface area contributed by atoms with E-state index in [0.29, 0.717) is 0 Å². The smallest absolute Gasteiger partial charge is 0.336 e. The third-order valence-electron chi connectivity index (χ3n) is 0.161. The van der Waals surface area contributed by atoms with Gasteiger partial charge in [0.25, 0.3) is 0 Å². The average Bonchev–Trinajstić information content (AvgIpc) is 1.35. The van der Waals surface area contributed by atoms with Crippen molar-refractivity contribution in [2.75, 3.05) is 5.33 Å². The standard InChI is InChI=1S/C2H3BrF2O/c3-1-2(4,5)6/h6H,1H2. The van der Waals surface area contributed by atoms with Crippen molar-refractivity contribution in [1.29, 1.82) is 0 Å². The SMILES string of the molecule is OC(F)(F)CBr. The van der Waals surface area contributed by atoms with Gasteiger partial charge in [-0.3, -0.25) is 0 Å². The molecule has 0 atom stereocenters. The minimum Gasteiger partial charge on any atom is -0.336 e. The highest BCUT2D eigenvalue weighted by molar-refractivity contribution is 9.09. The second-order valence-electron chi connectivity index (χ2n) is 0.799. The second-order valence-corrected chi connectivity index (χ2v) is 1.36. The van der Waals surface area contributed by atoms with Crippen molar-refractivity contribution in [3.63, 3.8) is 0 Å². The summed E-state index contributed by atoms with van der Waals surface area (Å²) in [6.45, 7) is 0. The molecule has 4 heteroatoms. The molecule has 1 nitrogen and oxygen atoms in total. The van der Waals surface area contributed by atoms with Gasteiger partial charge in [0.05, 0.1) is 5.33 Å². The Morgan fingerprint density at radius 3 is 1.83 bits per heavy atom. The van der Waals surface area contributed by atoms with Crippen LogP contribution < -0.4 is 0 Å². The van der Waals surface area contributed by atoms with E-state index >= 15 is 0 Å². The highest BCUT2D eigenvalue weighted by Gasteiger charge is 2.20. The van der Waals surface area contributed by atoms with Gasteiger partial charge in [0, 0.05) is 0 Å². The summed E-state index contributed by atoms with van der Waals surface area (Å²) in [7, 11) is 0. The first kappa shape index (κ1) is 6.30. The molecular weight excluding hydrogens is 158 g/mol. The first-order valence-electron chi connectivity index (χ1n) is 1.22. The molecule has 0 aromatic heterocycles. The van der Waals surface area contributed by atoms with Gasteiger partial charge >= 0.3 is 6.11 Å². The Bertz CT molecular complexity index is 41.3. The summed E-state index contributed by atoms with van der Waals surface area (Å²) in [6, 6.07) is 0. The van der Waals surface area contributed by atoms with Crippen molar-refractivity contribution in [2.24, 2.45) is 0 Å². The highest BCUT2D eigenvalue weighted by Crippen LogP contribution is 2.09. The molecule has 0 aromatic carbocycles. The third-order valence-corrected chi connectivity index (χ3v) is 0.835. The van der Waals surface area contributed by atoms with Crippen molar-refractivity contribution in [1.82, 2.24) is 0 Å². The number of hydrogen-bond donors (Lipinski definition) is 1. The zero-order valence-corrected chi connectivity index (χ0v) is 4.37. The molecule has 0 aliphatic heterocycles. The average molecular weight is 161 g/mol. The van der Waals surface area contributed by atoms with Gasteiger partial charge in [0.2, 0.25) is 0 Å². The van der Waals surface area contributed by atoms with Crippen LogP contribution in [0.25, 0.3) is 0 Å². The van der Waals surface area contributed by atoms with Crippen LogP contribution in [0.2, 0.25) is 0 Å². The van der Waals surface area contributed by atoms with Crippen LogP contribution in [0.5, 0.6) is 0 Å². The van der Waals surface area contributed by atoms with E-state index in [1.54, 1.807) is 0 Å². The van der Waals surface area contributed by atoms with E-state index in [-0.39, 0.29) is 0 Å². The summed E-state index contributed by atoms with van der Waals surface area (Å²) in [5.41, 5.74) is 0. The molecule has 0 heterocycles. The van der Waals surface area contributed by atoms with Gasteiger partial charge in [-0.2, -0.15) is 8.78 Å². The maximum Gasteiger partial charge on any atom is 0.363 e. The monoisotopic (exact) mass is 160 g/mol. The van der Waals surface area contributed by atoms with Crippen LogP contribution in [0.1, 0.15) is 0 Å². The number of aliphatic hydroxyl groups is 1. The molecule has 0 saturated carbocycles. The molecule has 0 rings (SSSR count). The van der Waals surface area contributed by atoms with E-state index < -0.39 is 11.4 Å². The lowest BCUT2D eigenvalue weighted by atomic mass is 10.8. The molecule has 0 fully saturated rings. The van der Waals surface area contributed by atoms with Gasteiger partial charge in [0.15, 0.2) is 0 Å². The van der Waals surface area contributed by atoms with Crippen LogP contribution in [0.4, 0.5) is 8.78 Å². The van der Waals surface area contributed by atoms with Crippen LogP contribution in [0, 0.1) is 0 Å². The molecule has 0 spiro atoms. The largest absolute Gasteiger partial charge is 0.363 e. The molecule has 38 valence electrons. The number of rotatable bonds is 1. The summed E-state index contributed by atoms with van der Waals surface area (Å²) >= 11 is 2.37. The number of alkyl halides is 3. The first-order valence-corrected chi connectivity index (χ1v) is 2.34. The van der Waals surface area contributed by atoms with Gasteiger partial charge < -0.3 is 5.11 Å². The first-order chi connectivity index (χ1) is 2.56. The summed E-state index contributed by atoms with van der Waals surface area (Å²) in [4.78, 5) is 0. The van der Waals surface area contributed by atoms with Gasteiger partial charge in [-0.15, -0.1) is 0 Å².